The van der Waals surface area contributed by atoms with Gasteiger partial charge in [-0.05, 0) is 17.9 Å². The van der Waals surface area contributed by atoms with Gasteiger partial charge in [0.15, 0.2) is 0 Å². The highest BCUT2D eigenvalue weighted by atomic mass is 127. The van der Waals surface area contributed by atoms with E-state index in [0.29, 0.717) is 0 Å². The minimum Gasteiger partial charge on any atom is -0.219 e. The van der Waals surface area contributed by atoms with Crippen LogP contribution in [-0.2, 0) is 18.0 Å². The molecule has 0 heterocycles. The Kier molecular flexibility index (Phi) is 3.79. The topological polar surface area (TPSA) is 12.4 Å². The average Bonchev–Trinajstić information content (AvgIpc) is 1.38. The summed E-state index contributed by atoms with van der Waals surface area (Å²) in [6.07, 6.45) is 0. The van der Waals surface area contributed by atoms with Crippen LogP contribution >= 0.6 is 21.2 Å². The fourth-order valence-electron chi connectivity index (χ4n) is 0. The van der Waals surface area contributed by atoms with Crippen LogP contribution in [0, 0.1) is 0 Å². The van der Waals surface area contributed by atoms with Gasteiger partial charge in [-0.25, -0.2) is 4.40 Å². The second kappa shape index (κ2) is 3.17. The quantitative estimate of drug-likeness (QED) is 0.364. The van der Waals surface area contributed by atoms with Crippen molar-refractivity contribution in [3.63, 3.8) is 0 Å². The van der Waals surface area contributed by atoms with E-state index in [1.54, 1.807) is 0 Å². The zero-order valence-corrected chi connectivity index (χ0v) is 6.14. The van der Waals surface area contributed by atoms with Crippen molar-refractivity contribution in [3.05, 3.63) is 0 Å². The van der Waals surface area contributed by atoms with Crippen molar-refractivity contribution >= 4 is 45.9 Å². The number of hydrogen-bond acceptors (Lipinski definition) is 1. The van der Waals surface area contributed by atoms with Gasteiger partial charge in [0.2, 0.25) is 0 Å². The van der Waals surface area contributed by atoms with Crippen LogP contribution in [0.25, 0.3) is 0 Å². The molecule has 0 N–H and O–H groups in total. The third-order valence-corrected chi connectivity index (χ3v) is 1.46. The smallest absolute Gasteiger partial charge is 0.0563 e. The Hall–Kier alpha value is 0.970. The van der Waals surface area contributed by atoms with Crippen molar-refractivity contribution in [1.82, 2.24) is 0 Å². The van der Waals surface area contributed by atoms with Gasteiger partial charge < -0.3 is 0 Å². The summed E-state index contributed by atoms with van der Waals surface area (Å²) >= 11 is 6.59. The first-order valence-electron chi connectivity index (χ1n) is 0.820. The van der Waals surface area contributed by atoms with Gasteiger partial charge in [0.05, 0.1) is 6.81 Å². The van der Waals surface area contributed by atoms with E-state index in [9.17, 15) is 0 Å². The molecule has 0 radical (unpaired) electrons. The molecule has 0 aliphatic carbocycles. The van der Waals surface area contributed by atoms with Gasteiger partial charge in [-0.3, -0.25) is 0 Å². The van der Waals surface area contributed by atoms with Crippen LogP contribution in [0.5, 0.6) is 0 Å². The summed E-state index contributed by atoms with van der Waals surface area (Å²) in [4.78, 5) is 0. The van der Waals surface area contributed by atoms with Gasteiger partial charge in [0.25, 0.3) is 0 Å². The van der Waals surface area contributed by atoms with Crippen LogP contribution < -0.4 is 0 Å². The van der Waals surface area contributed by atoms with Crippen molar-refractivity contribution < 1.29 is 0 Å². The van der Waals surface area contributed by atoms with Gasteiger partial charge in [-0.1, -0.05) is 0 Å². The Bertz CT molecular complexity index is 60.7. The Morgan fingerprint density at radius 1 is 2.00 bits per heavy atom. The third kappa shape index (κ3) is 4.97. The van der Waals surface area contributed by atoms with Crippen molar-refractivity contribution in [2.45, 2.75) is 0 Å². The summed E-state index contributed by atoms with van der Waals surface area (Å²) < 4.78 is 3.47. The van der Waals surface area contributed by atoms with Crippen molar-refractivity contribution in [1.29, 1.82) is 0 Å². The van der Waals surface area contributed by atoms with Crippen molar-refractivity contribution in [2.75, 3.05) is 0 Å². The van der Waals surface area contributed by atoms with Crippen LogP contribution in [-0.4, -0.2) is 6.72 Å². The fourth-order valence-corrected chi connectivity index (χ4v) is 0. The molecule has 0 fully saturated rings. The Balaban J connectivity index is 3.20. The second-order valence-corrected chi connectivity index (χ2v) is 6.25. The van der Waals surface area contributed by atoms with Crippen LogP contribution in [0.4, 0.5) is 0 Å². The van der Waals surface area contributed by atoms with Gasteiger partial charge in [0.1, 0.15) is 0 Å². The summed E-state index contributed by atoms with van der Waals surface area (Å²) in [6.45, 7) is 2.96. The molecule has 0 amide bonds. The van der Waals surface area contributed by atoms with Crippen LogP contribution in [0.1, 0.15) is 0 Å². The highest BCUT2D eigenvalue weighted by Crippen LogP contribution is 1.91. The lowest BCUT2D eigenvalue weighted by molar-refractivity contribution is 2.06. The maximum absolute atomic E-state index is 4.57. The van der Waals surface area contributed by atoms with Crippen LogP contribution in [0.3, 0.4) is 0 Å². The maximum atomic E-state index is 4.57. The van der Waals surface area contributed by atoms with Crippen LogP contribution in [0.2, 0.25) is 0 Å². The first-order chi connectivity index (χ1) is 2.27. The molecule has 0 aromatic rings. The van der Waals surface area contributed by atoms with E-state index in [2.05, 4.69) is 22.3 Å². The Labute approximate surface area is 50.2 Å². The molecule has 0 aromatic heterocycles. The summed E-state index contributed by atoms with van der Waals surface area (Å²) in [5, 5.41) is 0. The molecule has 0 bridgehead atoms. The molecule has 0 aromatic carbocycles. The molecule has 1 unspecified atom stereocenters. The van der Waals surface area contributed by atoms with Crippen LogP contribution in [0.15, 0.2) is 4.40 Å². The zero-order valence-electron chi connectivity index (χ0n) is 2.35. The van der Waals surface area contributed by atoms with Crippen molar-refractivity contribution in [3.8, 4) is 0 Å². The summed E-state index contributed by atoms with van der Waals surface area (Å²) in [5.74, 6) is 0. The molecule has 5 heavy (non-hydrogen) atoms. The standard InChI is InChI=1S/CH2INS2/c1-3-5(2)4/h1H2. The predicted octanol–water partition coefficient (Wildman–Crippen LogP) is 1.03. The molecular formula is CH2INS2. The first-order valence-corrected chi connectivity index (χ1v) is 5.47. The third-order valence-electron chi connectivity index (χ3n) is 0.101. The molecule has 1 nitrogen and oxygen atoms in total. The highest BCUT2D eigenvalue weighted by molar-refractivity contribution is 14.2. The number of rotatable bonds is 1. The molecule has 1 atom stereocenters. The van der Waals surface area contributed by atoms with Gasteiger partial charge in [-0.2, -0.15) is 0 Å². The second-order valence-electron chi connectivity index (χ2n) is 0.336. The molecule has 0 spiro atoms. The minimum atomic E-state index is -0.255. The number of nitrogens with zero attached hydrogens (tertiary/aromatic N) is 1. The zero-order chi connectivity index (χ0) is 4.28. The number of hydrogen-bond donors (Lipinski definition) is 0. The fraction of sp³-hybridized carbons (Fsp3) is 0. The molecule has 0 aliphatic heterocycles. The summed E-state index contributed by atoms with van der Waals surface area (Å²) in [5.41, 5.74) is 0. The van der Waals surface area contributed by atoms with Gasteiger partial charge >= 0.3 is 0 Å². The molecule has 0 rings (SSSR count). The lowest BCUT2D eigenvalue weighted by Gasteiger charge is -1.68. The van der Waals surface area contributed by atoms with E-state index in [1.807, 2.05) is 21.2 Å². The molecule has 0 aliphatic rings. The average molecular weight is 219 g/mol. The Morgan fingerprint density at radius 2 is 2.20 bits per heavy atom. The van der Waals surface area contributed by atoms with E-state index >= 15 is 0 Å². The van der Waals surface area contributed by atoms with E-state index in [-0.39, 0.29) is 6.81 Å². The summed E-state index contributed by atoms with van der Waals surface area (Å²) in [7, 11) is 0. The minimum absolute atomic E-state index is 0.255. The molecule has 4 heteroatoms. The molecule has 0 saturated carbocycles. The molecular weight excluding hydrogens is 217 g/mol. The monoisotopic (exact) mass is 219 g/mol. The predicted molar refractivity (Wildman–Crippen MR) is 38.3 cm³/mol. The first kappa shape index (κ1) is 5.97. The van der Waals surface area contributed by atoms with E-state index in [1.165, 1.54) is 0 Å². The van der Waals surface area contributed by atoms with Crippen molar-refractivity contribution in [2.24, 2.45) is 4.40 Å². The van der Waals surface area contributed by atoms with Gasteiger partial charge in [0, 0.05) is 21.2 Å². The molecule has 0 saturated heterocycles. The van der Waals surface area contributed by atoms with E-state index < -0.39 is 0 Å². The number of halogens is 1. The van der Waals surface area contributed by atoms with Gasteiger partial charge in [-0.15, -0.1) is 0 Å². The van der Waals surface area contributed by atoms with E-state index in [0.717, 1.165) is 0 Å². The lowest BCUT2D eigenvalue weighted by Crippen LogP contribution is -1.52. The Morgan fingerprint density at radius 3 is 2.20 bits per heavy atom. The maximum Gasteiger partial charge on any atom is 0.0563 e. The SMILES string of the molecule is C=NS(=S)I. The van der Waals surface area contributed by atoms with E-state index in [4.69, 9.17) is 0 Å². The highest BCUT2D eigenvalue weighted by Gasteiger charge is 1.63. The largest absolute Gasteiger partial charge is 0.219 e. The normalized spacial score (nSPS) is 13.8. The lowest BCUT2D eigenvalue weighted by atomic mass is 11.8. The molecule has 30 valence electrons. The summed E-state index contributed by atoms with van der Waals surface area (Å²) in [6, 6.07) is 0.